The molecular weight excluding hydrogens is 239 g/mol. The highest BCUT2D eigenvalue weighted by molar-refractivity contribution is 5.25. The Hall–Kier alpha value is -0.930. The standard InChI is InChI=1S/C16H25FN2/c1-12-6-8-19(11-12)9-7-16(18-3)14-5-4-13(2)15(17)10-14/h4-5,10,12,16,18H,6-9,11H2,1-3H3. The van der Waals surface area contributed by atoms with Gasteiger partial charge >= 0.3 is 0 Å². The first-order valence-electron chi connectivity index (χ1n) is 7.26. The molecule has 2 unspecified atom stereocenters. The Morgan fingerprint density at radius 3 is 2.84 bits per heavy atom. The van der Waals surface area contributed by atoms with Gasteiger partial charge in [0.05, 0.1) is 0 Å². The molecule has 2 nitrogen and oxygen atoms in total. The third kappa shape index (κ3) is 3.77. The minimum atomic E-state index is -0.104. The lowest BCUT2D eigenvalue weighted by molar-refractivity contribution is 0.305. The van der Waals surface area contributed by atoms with Crippen LogP contribution in [0.1, 0.15) is 36.9 Å². The molecule has 1 aliphatic rings. The molecule has 106 valence electrons. The SMILES string of the molecule is CNC(CCN1CCC(C)C1)c1ccc(C)c(F)c1. The lowest BCUT2D eigenvalue weighted by Crippen LogP contribution is -2.26. The third-order valence-corrected chi connectivity index (χ3v) is 4.19. The lowest BCUT2D eigenvalue weighted by atomic mass is 10.0. The van der Waals surface area contributed by atoms with Crippen molar-refractivity contribution >= 4 is 0 Å². The van der Waals surface area contributed by atoms with Crippen LogP contribution in [0, 0.1) is 18.7 Å². The van der Waals surface area contributed by atoms with E-state index < -0.39 is 0 Å². The number of benzene rings is 1. The van der Waals surface area contributed by atoms with Crippen LogP contribution in [-0.2, 0) is 0 Å². The van der Waals surface area contributed by atoms with Crippen molar-refractivity contribution in [2.45, 2.75) is 32.7 Å². The number of nitrogens with one attached hydrogen (secondary N) is 1. The van der Waals surface area contributed by atoms with Gasteiger partial charge in [0.2, 0.25) is 0 Å². The number of halogens is 1. The van der Waals surface area contributed by atoms with Gasteiger partial charge in [0.15, 0.2) is 0 Å². The Morgan fingerprint density at radius 2 is 2.26 bits per heavy atom. The summed E-state index contributed by atoms with van der Waals surface area (Å²) in [6, 6.07) is 5.81. The maximum atomic E-state index is 13.6. The van der Waals surface area contributed by atoms with Crippen molar-refractivity contribution in [1.82, 2.24) is 10.2 Å². The third-order valence-electron chi connectivity index (χ3n) is 4.19. The Balaban J connectivity index is 1.93. The Bertz CT molecular complexity index is 419. The first-order valence-corrected chi connectivity index (χ1v) is 7.26. The van der Waals surface area contributed by atoms with Crippen LogP contribution < -0.4 is 5.32 Å². The molecule has 1 heterocycles. The average Bonchev–Trinajstić information content (AvgIpc) is 2.80. The van der Waals surface area contributed by atoms with Crippen molar-refractivity contribution in [3.8, 4) is 0 Å². The van der Waals surface area contributed by atoms with Gasteiger partial charge < -0.3 is 10.2 Å². The highest BCUT2D eigenvalue weighted by Gasteiger charge is 2.19. The Kier molecular flexibility index (Phi) is 4.94. The first-order chi connectivity index (χ1) is 9.10. The maximum Gasteiger partial charge on any atom is 0.126 e. The molecule has 0 bridgehead atoms. The van der Waals surface area contributed by atoms with Gasteiger partial charge in [0.1, 0.15) is 5.82 Å². The summed E-state index contributed by atoms with van der Waals surface area (Å²) in [7, 11) is 1.95. The smallest absolute Gasteiger partial charge is 0.126 e. The summed E-state index contributed by atoms with van der Waals surface area (Å²) in [6.07, 6.45) is 2.34. The van der Waals surface area contributed by atoms with Crippen LogP contribution in [0.3, 0.4) is 0 Å². The van der Waals surface area contributed by atoms with Gasteiger partial charge in [0.25, 0.3) is 0 Å². The monoisotopic (exact) mass is 264 g/mol. The van der Waals surface area contributed by atoms with Gasteiger partial charge in [0, 0.05) is 12.6 Å². The number of hydrogen-bond acceptors (Lipinski definition) is 2. The molecule has 1 saturated heterocycles. The summed E-state index contributed by atoms with van der Waals surface area (Å²) in [5.74, 6) is 0.720. The van der Waals surface area contributed by atoms with Gasteiger partial charge in [-0.25, -0.2) is 4.39 Å². The average molecular weight is 264 g/mol. The zero-order chi connectivity index (χ0) is 13.8. The molecule has 1 aromatic carbocycles. The number of nitrogens with zero attached hydrogens (tertiary/aromatic N) is 1. The quantitative estimate of drug-likeness (QED) is 0.879. The second-order valence-electron chi connectivity index (χ2n) is 5.83. The van der Waals surface area contributed by atoms with E-state index in [1.807, 2.05) is 19.2 Å². The van der Waals surface area contributed by atoms with Crippen LogP contribution >= 0.6 is 0 Å². The number of hydrogen-bond donors (Lipinski definition) is 1. The molecule has 0 aliphatic carbocycles. The molecule has 2 atom stereocenters. The molecule has 0 radical (unpaired) electrons. The molecule has 2 rings (SSSR count). The molecular formula is C16H25FN2. The van der Waals surface area contributed by atoms with E-state index in [1.165, 1.54) is 19.5 Å². The van der Waals surface area contributed by atoms with Gasteiger partial charge in [-0.2, -0.15) is 0 Å². The van der Waals surface area contributed by atoms with E-state index in [-0.39, 0.29) is 11.9 Å². The fraction of sp³-hybridized carbons (Fsp3) is 0.625. The Labute approximate surface area is 116 Å². The van der Waals surface area contributed by atoms with Crippen LogP contribution in [0.25, 0.3) is 0 Å². The van der Waals surface area contributed by atoms with Crippen LogP contribution in [0.4, 0.5) is 4.39 Å². The van der Waals surface area contributed by atoms with Crippen molar-refractivity contribution in [2.24, 2.45) is 5.92 Å². The number of aryl methyl sites for hydroxylation is 1. The molecule has 1 aliphatic heterocycles. The molecule has 0 amide bonds. The van der Waals surface area contributed by atoms with E-state index in [0.29, 0.717) is 5.56 Å². The summed E-state index contributed by atoms with van der Waals surface area (Å²) < 4.78 is 13.6. The van der Waals surface area contributed by atoms with Gasteiger partial charge in [-0.15, -0.1) is 0 Å². The van der Waals surface area contributed by atoms with Crippen molar-refractivity contribution in [2.75, 3.05) is 26.7 Å². The van der Waals surface area contributed by atoms with Gasteiger partial charge in [-0.3, -0.25) is 0 Å². The van der Waals surface area contributed by atoms with Crippen LogP contribution in [0.2, 0.25) is 0 Å². The predicted octanol–water partition coefficient (Wildman–Crippen LogP) is 3.13. The van der Waals surface area contributed by atoms with E-state index >= 15 is 0 Å². The fourth-order valence-corrected chi connectivity index (χ4v) is 2.84. The van der Waals surface area contributed by atoms with E-state index in [1.54, 1.807) is 13.0 Å². The van der Waals surface area contributed by atoms with E-state index in [9.17, 15) is 4.39 Å². The second-order valence-corrected chi connectivity index (χ2v) is 5.83. The molecule has 0 saturated carbocycles. The number of rotatable bonds is 5. The summed E-state index contributed by atoms with van der Waals surface area (Å²) in [5.41, 5.74) is 1.77. The molecule has 0 aromatic heterocycles. The molecule has 19 heavy (non-hydrogen) atoms. The summed E-state index contributed by atoms with van der Waals surface area (Å²) in [5, 5.41) is 3.31. The van der Waals surface area contributed by atoms with Crippen molar-refractivity contribution in [1.29, 1.82) is 0 Å². The highest BCUT2D eigenvalue weighted by atomic mass is 19.1. The Morgan fingerprint density at radius 1 is 1.47 bits per heavy atom. The summed E-state index contributed by atoms with van der Waals surface area (Å²) >= 11 is 0. The normalized spacial score (nSPS) is 21.8. The summed E-state index contributed by atoms with van der Waals surface area (Å²) in [6.45, 7) is 7.62. The van der Waals surface area contributed by atoms with E-state index in [0.717, 1.165) is 24.4 Å². The lowest BCUT2D eigenvalue weighted by Gasteiger charge is -2.21. The molecule has 1 aromatic rings. The molecule has 1 N–H and O–H groups in total. The minimum Gasteiger partial charge on any atom is -0.313 e. The molecule has 0 spiro atoms. The predicted molar refractivity (Wildman–Crippen MR) is 77.8 cm³/mol. The van der Waals surface area contributed by atoms with Crippen molar-refractivity contribution < 1.29 is 4.39 Å². The minimum absolute atomic E-state index is 0.104. The van der Waals surface area contributed by atoms with Gasteiger partial charge in [-0.1, -0.05) is 19.1 Å². The molecule has 3 heteroatoms. The van der Waals surface area contributed by atoms with Gasteiger partial charge in [-0.05, 0) is 63.0 Å². The van der Waals surface area contributed by atoms with Crippen LogP contribution in [-0.4, -0.2) is 31.6 Å². The van der Waals surface area contributed by atoms with Crippen molar-refractivity contribution in [3.63, 3.8) is 0 Å². The molecule has 1 fully saturated rings. The van der Waals surface area contributed by atoms with E-state index in [4.69, 9.17) is 0 Å². The summed E-state index contributed by atoms with van der Waals surface area (Å²) in [4.78, 5) is 2.51. The number of likely N-dealkylation sites (tertiary alicyclic amines) is 1. The highest BCUT2D eigenvalue weighted by Crippen LogP contribution is 2.22. The van der Waals surface area contributed by atoms with Crippen molar-refractivity contribution in [3.05, 3.63) is 35.1 Å². The largest absolute Gasteiger partial charge is 0.313 e. The van der Waals surface area contributed by atoms with Crippen LogP contribution in [0.15, 0.2) is 18.2 Å². The maximum absolute atomic E-state index is 13.6. The first kappa shape index (κ1) is 14.5. The van der Waals surface area contributed by atoms with Crippen LogP contribution in [0.5, 0.6) is 0 Å². The second kappa shape index (κ2) is 6.49. The van der Waals surface area contributed by atoms with E-state index in [2.05, 4.69) is 17.1 Å². The fourth-order valence-electron chi connectivity index (χ4n) is 2.84. The zero-order valence-electron chi connectivity index (χ0n) is 12.2. The zero-order valence-corrected chi connectivity index (χ0v) is 12.2. The topological polar surface area (TPSA) is 15.3 Å².